The van der Waals surface area contributed by atoms with Crippen molar-refractivity contribution in [3.05, 3.63) is 28.5 Å². The van der Waals surface area contributed by atoms with Crippen molar-refractivity contribution in [3.8, 4) is 0 Å². The van der Waals surface area contributed by atoms with E-state index < -0.39 is 15.8 Å². The van der Waals surface area contributed by atoms with E-state index in [1.165, 1.54) is 16.4 Å². The maximum atomic E-state index is 14.4. The summed E-state index contributed by atoms with van der Waals surface area (Å²) in [5.74, 6) is -0.720. The van der Waals surface area contributed by atoms with E-state index in [2.05, 4.69) is 5.32 Å². The second kappa shape index (κ2) is 5.97. The van der Waals surface area contributed by atoms with E-state index in [0.29, 0.717) is 6.54 Å². The molecule has 1 aromatic carbocycles. The zero-order chi connectivity index (χ0) is 14.9. The Morgan fingerprint density at radius 3 is 2.60 bits per heavy atom. The number of hydrogen-bond acceptors (Lipinski definition) is 3. The van der Waals surface area contributed by atoms with Crippen molar-refractivity contribution >= 4 is 21.6 Å². The van der Waals surface area contributed by atoms with Crippen molar-refractivity contribution in [2.75, 3.05) is 13.6 Å². The molecule has 1 aromatic rings. The summed E-state index contributed by atoms with van der Waals surface area (Å²) in [5, 5.41) is 3.03. The van der Waals surface area contributed by atoms with Crippen LogP contribution in [0.25, 0.3) is 0 Å². The minimum absolute atomic E-state index is 0.00358. The van der Waals surface area contributed by atoms with E-state index in [1.807, 2.05) is 0 Å². The molecule has 20 heavy (non-hydrogen) atoms. The van der Waals surface area contributed by atoms with Gasteiger partial charge in [-0.1, -0.05) is 18.5 Å². The van der Waals surface area contributed by atoms with Crippen LogP contribution < -0.4 is 5.32 Å². The molecule has 0 atom stereocenters. The minimum atomic E-state index is -3.84. The van der Waals surface area contributed by atoms with E-state index in [-0.39, 0.29) is 28.1 Å². The number of halogens is 2. The summed E-state index contributed by atoms with van der Waals surface area (Å²) >= 11 is 5.93. The van der Waals surface area contributed by atoms with Crippen LogP contribution in [0, 0.1) is 5.82 Å². The highest BCUT2D eigenvalue weighted by atomic mass is 35.5. The smallest absolute Gasteiger partial charge is 0.246 e. The van der Waals surface area contributed by atoms with Crippen LogP contribution in [0.5, 0.6) is 0 Å². The van der Waals surface area contributed by atoms with Crippen molar-refractivity contribution in [2.24, 2.45) is 0 Å². The van der Waals surface area contributed by atoms with Gasteiger partial charge in [-0.3, -0.25) is 0 Å². The molecule has 4 nitrogen and oxygen atoms in total. The fraction of sp³-hybridized carbons (Fsp3) is 0.538. The number of sulfonamides is 1. The van der Waals surface area contributed by atoms with Gasteiger partial charge in [-0.05, 0) is 32.0 Å². The Morgan fingerprint density at radius 1 is 1.45 bits per heavy atom. The van der Waals surface area contributed by atoms with E-state index in [9.17, 15) is 12.8 Å². The number of nitrogens with one attached hydrogen (secondary N) is 1. The molecule has 7 heteroatoms. The molecule has 1 aliphatic carbocycles. The highest BCUT2D eigenvalue weighted by molar-refractivity contribution is 7.89. The van der Waals surface area contributed by atoms with Crippen LogP contribution >= 0.6 is 11.6 Å². The first-order valence-electron chi connectivity index (χ1n) is 6.56. The second-order valence-corrected chi connectivity index (χ2v) is 7.14. The summed E-state index contributed by atoms with van der Waals surface area (Å²) < 4.78 is 40.9. The standard InChI is InChI=1S/C13H18ClFN2O2S/c1-3-17(11-4-5-11)20(18,19)12-7-10(14)6-9(8-16-2)13(12)15/h6-7,11,16H,3-5,8H2,1-2H3. The Kier molecular flexibility index (Phi) is 4.69. The van der Waals surface area contributed by atoms with Gasteiger partial charge < -0.3 is 5.32 Å². The van der Waals surface area contributed by atoms with E-state index in [1.54, 1.807) is 14.0 Å². The van der Waals surface area contributed by atoms with Gasteiger partial charge in [0.25, 0.3) is 0 Å². The molecule has 0 amide bonds. The lowest BCUT2D eigenvalue weighted by atomic mass is 10.2. The second-order valence-electron chi connectivity index (χ2n) is 4.85. The Hall–Kier alpha value is -0.690. The predicted octanol–water partition coefficient (Wildman–Crippen LogP) is 2.37. The molecule has 0 saturated heterocycles. The number of nitrogens with zero attached hydrogens (tertiary/aromatic N) is 1. The summed E-state index contributed by atoms with van der Waals surface area (Å²) in [4.78, 5) is -0.330. The molecule has 0 spiro atoms. The van der Waals surface area contributed by atoms with Crippen LogP contribution in [0.3, 0.4) is 0 Å². The van der Waals surface area contributed by atoms with Crippen LogP contribution in [0.2, 0.25) is 5.02 Å². The summed E-state index contributed by atoms with van der Waals surface area (Å²) in [6, 6.07) is 2.63. The molecule has 1 fully saturated rings. The molecule has 0 aromatic heterocycles. The van der Waals surface area contributed by atoms with Crippen LogP contribution in [0.15, 0.2) is 17.0 Å². The zero-order valence-electron chi connectivity index (χ0n) is 11.5. The van der Waals surface area contributed by atoms with Gasteiger partial charge >= 0.3 is 0 Å². The van der Waals surface area contributed by atoms with Crippen molar-refractivity contribution < 1.29 is 12.8 Å². The van der Waals surface area contributed by atoms with Crippen molar-refractivity contribution in [1.29, 1.82) is 0 Å². The van der Waals surface area contributed by atoms with Gasteiger partial charge in [-0.25, -0.2) is 12.8 Å². The maximum Gasteiger partial charge on any atom is 0.246 e. The first kappa shape index (κ1) is 15.7. The third kappa shape index (κ3) is 2.98. The summed E-state index contributed by atoms with van der Waals surface area (Å²) in [7, 11) is -2.17. The van der Waals surface area contributed by atoms with Crippen molar-refractivity contribution in [1.82, 2.24) is 9.62 Å². The number of hydrogen-bond donors (Lipinski definition) is 1. The monoisotopic (exact) mass is 320 g/mol. The SMILES string of the molecule is CCN(C1CC1)S(=O)(=O)c1cc(Cl)cc(CNC)c1F. The van der Waals surface area contributed by atoms with E-state index in [4.69, 9.17) is 11.6 Å². The Bertz CT molecular complexity index is 603. The lowest BCUT2D eigenvalue weighted by molar-refractivity contribution is 0.416. The van der Waals surface area contributed by atoms with Gasteiger partial charge in [-0.15, -0.1) is 0 Å². The highest BCUT2D eigenvalue weighted by Gasteiger charge is 2.38. The minimum Gasteiger partial charge on any atom is -0.316 e. The predicted molar refractivity (Wildman–Crippen MR) is 76.8 cm³/mol. The highest BCUT2D eigenvalue weighted by Crippen LogP contribution is 2.34. The topological polar surface area (TPSA) is 49.4 Å². The lowest BCUT2D eigenvalue weighted by Crippen LogP contribution is -2.33. The molecule has 1 saturated carbocycles. The molecular weight excluding hydrogens is 303 g/mol. The van der Waals surface area contributed by atoms with Crippen molar-refractivity contribution in [3.63, 3.8) is 0 Å². The van der Waals surface area contributed by atoms with Crippen LogP contribution in [-0.2, 0) is 16.6 Å². The average molecular weight is 321 g/mol. The number of benzene rings is 1. The first-order chi connectivity index (χ1) is 9.41. The molecule has 112 valence electrons. The number of rotatable bonds is 6. The van der Waals surface area contributed by atoms with Gasteiger partial charge in [0.05, 0.1) is 0 Å². The Balaban J connectivity index is 2.50. The third-order valence-corrected chi connectivity index (χ3v) is 5.54. The fourth-order valence-corrected chi connectivity index (χ4v) is 4.37. The van der Waals surface area contributed by atoms with Gasteiger partial charge in [0.1, 0.15) is 10.7 Å². The summed E-state index contributed by atoms with van der Waals surface area (Å²) in [6.45, 7) is 2.32. The molecule has 1 N–H and O–H groups in total. The quantitative estimate of drug-likeness (QED) is 0.875. The first-order valence-corrected chi connectivity index (χ1v) is 8.38. The fourth-order valence-electron chi connectivity index (χ4n) is 2.24. The van der Waals surface area contributed by atoms with Gasteiger partial charge in [0.15, 0.2) is 0 Å². The van der Waals surface area contributed by atoms with Crippen LogP contribution in [-0.4, -0.2) is 32.4 Å². The Labute approximate surface area is 124 Å². The van der Waals surface area contributed by atoms with E-state index >= 15 is 0 Å². The summed E-state index contributed by atoms with van der Waals surface area (Å²) in [5.41, 5.74) is 0.255. The third-order valence-electron chi connectivity index (χ3n) is 3.30. The van der Waals surface area contributed by atoms with E-state index in [0.717, 1.165) is 12.8 Å². The van der Waals surface area contributed by atoms with Crippen LogP contribution in [0.4, 0.5) is 4.39 Å². The molecule has 1 aliphatic rings. The Morgan fingerprint density at radius 2 is 2.10 bits per heavy atom. The zero-order valence-corrected chi connectivity index (χ0v) is 13.1. The average Bonchev–Trinajstić information content (AvgIpc) is 3.18. The largest absolute Gasteiger partial charge is 0.316 e. The summed E-state index contributed by atoms with van der Waals surface area (Å²) in [6.07, 6.45) is 1.66. The molecule has 0 bridgehead atoms. The maximum absolute atomic E-state index is 14.4. The normalized spacial score (nSPS) is 15.8. The van der Waals surface area contributed by atoms with Gasteiger partial charge in [0, 0.05) is 29.7 Å². The van der Waals surface area contributed by atoms with Gasteiger partial charge in [0.2, 0.25) is 10.0 Å². The molecule has 0 aliphatic heterocycles. The van der Waals surface area contributed by atoms with Crippen LogP contribution in [0.1, 0.15) is 25.3 Å². The molecule has 0 radical (unpaired) electrons. The van der Waals surface area contributed by atoms with Gasteiger partial charge in [-0.2, -0.15) is 4.31 Å². The lowest BCUT2D eigenvalue weighted by Gasteiger charge is -2.21. The molecule has 2 rings (SSSR count). The molecule has 0 unspecified atom stereocenters. The molecule has 0 heterocycles. The molecular formula is C13H18ClFN2O2S. The van der Waals surface area contributed by atoms with Crippen molar-refractivity contribution in [2.45, 2.75) is 37.2 Å².